The second-order valence-corrected chi connectivity index (χ2v) is 5.30. The molecule has 1 heteroatoms. The Hall–Kier alpha value is -0.560. The van der Waals surface area contributed by atoms with Crippen molar-refractivity contribution in [1.29, 1.82) is 0 Å². The first-order chi connectivity index (χ1) is 9.41. The molecule has 0 aromatic heterocycles. The number of hydrogen-bond donors (Lipinski definition) is 1. The highest BCUT2D eigenvalue weighted by Gasteiger charge is 1.89. The van der Waals surface area contributed by atoms with Gasteiger partial charge in [0.2, 0.25) is 0 Å². The van der Waals surface area contributed by atoms with Crippen LogP contribution in [-0.4, -0.2) is 11.7 Å². The minimum absolute atomic E-state index is 0.317. The number of aliphatic hydroxyl groups is 1. The van der Waals surface area contributed by atoms with E-state index in [4.69, 9.17) is 5.11 Å². The zero-order valence-electron chi connectivity index (χ0n) is 12.9. The molecule has 1 N–H and O–H groups in total. The topological polar surface area (TPSA) is 20.2 Å². The summed E-state index contributed by atoms with van der Waals surface area (Å²) in [6.07, 6.45) is 24.3. The molecule has 0 fully saturated rings. The molecule has 1 nitrogen and oxygen atoms in total. The summed E-state index contributed by atoms with van der Waals surface area (Å²) >= 11 is 0. The summed E-state index contributed by atoms with van der Waals surface area (Å²) in [5.41, 5.74) is 0. The van der Waals surface area contributed by atoms with E-state index in [1.807, 2.05) is 0 Å². The fraction of sp³-hybridized carbons (Fsp3) is 0.778. The summed E-state index contributed by atoms with van der Waals surface area (Å²) in [7, 11) is 0. The van der Waals surface area contributed by atoms with E-state index in [9.17, 15) is 0 Å². The maximum Gasteiger partial charge on any atom is 0.0433 e. The van der Waals surface area contributed by atoms with Crippen LogP contribution in [0.1, 0.15) is 84.0 Å². The Morgan fingerprint density at radius 1 is 0.579 bits per heavy atom. The van der Waals surface area contributed by atoms with Gasteiger partial charge in [0.15, 0.2) is 0 Å². The van der Waals surface area contributed by atoms with Crippen molar-refractivity contribution in [3.05, 3.63) is 24.3 Å². The van der Waals surface area contributed by atoms with Gasteiger partial charge < -0.3 is 5.11 Å². The highest BCUT2D eigenvalue weighted by atomic mass is 16.2. The number of allylic oxidation sites excluding steroid dienone is 4. The van der Waals surface area contributed by atoms with Gasteiger partial charge in [0, 0.05) is 6.61 Å². The lowest BCUT2D eigenvalue weighted by Crippen LogP contribution is -1.80. The highest BCUT2D eigenvalue weighted by Crippen LogP contribution is 2.08. The smallest absolute Gasteiger partial charge is 0.0433 e. The van der Waals surface area contributed by atoms with E-state index in [1.165, 1.54) is 64.2 Å². The van der Waals surface area contributed by atoms with Crippen molar-refractivity contribution >= 4 is 0 Å². The SMILES string of the molecule is CCCC/C=C\CCCCCCC/C=C/CCCO. The third-order valence-electron chi connectivity index (χ3n) is 3.33. The van der Waals surface area contributed by atoms with Crippen LogP contribution in [0.25, 0.3) is 0 Å². The summed E-state index contributed by atoms with van der Waals surface area (Å²) in [4.78, 5) is 0. The van der Waals surface area contributed by atoms with Crippen molar-refractivity contribution in [2.24, 2.45) is 0 Å². The second-order valence-electron chi connectivity index (χ2n) is 5.30. The van der Waals surface area contributed by atoms with Crippen LogP contribution >= 0.6 is 0 Å². The molecule has 0 unspecified atom stereocenters. The van der Waals surface area contributed by atoms with E-state index in [1.54, 1.807) is 0 Å². The molecule has 0 atom stereocenters. The predicted octanol–water partition coefficient (Wildman–Crippen LogP) is 5.79. The zero-order chi connectivity index (χ0) is 14.0. The number of rotatable bonds is 14. The van der Waals surface area contributed by atoms with E-state index >= 15 is 0 Å². The van der Waals surface area contributed by atoms with E-state index in [2.05, 4.69) is 31.2 Å². The maximum absolute atomic E-state index is 8.63. The first-order valence-electron chi connectivity index (χ1n) is 8.32. The van der Waals surface area contributed by atoms with Gasteiger partial charge in [-0.2, -0.15) is 0 Å². The monoisotopic (exact) mass is 266 g/mol. The van der Waals surface area contributed by atoms with Crippen molar-refractivity contribution in [3.63, 3.8) is 0 Å². The molecule has 0 bridgehead atoms. The van der Waals surface area contributed by atoms with Gasteiger partial charge in [-0.1, -0.05) is 63.3 Å². The zero-order valence-corrected chi connectivity index (χ0v) is 12.9. The molecule has 0 saturated heterocycles. The highest BCUT2D eigenvalue weighted by molar-refractivity contribution is 4.82. The Morgan fingerprint density at radius 3 is 1.47 bits per heavy atom. The fourth-order valence-electron chi connectivity index (χ4n) is 2.06. The molecule has 0 aromatic rings. The van der Waals surface area contributed by atoms with Crippen molar-refractivity contribution in [2.45, 2.75) is 84.0 Å². The maximum atomic E-state index is 8.63. The molecule has 0 aromatic carbocycles. The van der Waals surface area contributed by atoms with Crippen LogP contribution in [0.2, 0.25) is 0 Å². The molecule has 0 spiro atoms. The Labute approximate surface area is 120 Å². The number of aliphatic hydroxyl groups excluding tert-OH is 1. The van der Waals surface area contributed by atoms with Crippen molar-refractivity contribution < 1.29 is 5.11 Å². The fourth-order valence-corrected chi connectivity index (χ4v) is 2.06. The molecule has 0 saturated carbocycles. The van der Waals surface area contributed by atoms with Crippen LogP contribution in [-0.2, 0) is 0 Å². The summed E-state index contributed by atoms with van der Waals surface area (Å²) in [5.74, 6) is 0. The summed E-state index contributed by atoms with van der Waals surface area (Å²) in [5, 5.41) is 8.63. The Balaban J connectivity index is 3.06. The number of hydrogen-bond acceptors (Lipinski definition) is 1. The molecule has 0 radical (unpaired) electrons. The van der Waals surface area contributed by atoms with Crippen molar-refractivity contribution in [2.75, 3.05) is 6.61 Å². The Morgan fingerprint density at radius 2 is 1.00 bits per heavy atom. The lowest BCUT2D eigenvalue weighted by Gasteiger charge is -1.98. The molecule has 112 valence electrons. The van der Waals surface area contributed by atoms with Gasteiger partial charge in [-0.05, 0) is 44.9 Å². The molecular formula is C18H34O. The minimum atomic E-state index is 0.317. The first-order valence-corrected chi connectivity index (χ1v) is 8.32. The predicted molar refractivity (Wildman–Crippen MR) is 86.4 cm³/mol. The van der Waals surface area contributed by atoms with E-state index < -0.39 is 0 Å². The third kappa shape index (κ3) is 17.4. The molecule has 0 rings (SSSR count). The lowest BCUT2D eigenvalue weighted by molar-refractivity contribution is 0.289. The molecule has 0 aliphatic rings. The van der Waals surface area contributed by atoms with Gasteiger partial charge in [0.05, 0.1) is 0 Å². The van der Waals surface area contributed by atoms with Crippen LogP contribution < -0.4 is 0 Å². The summed E-state index contributed by atoms with van der Waals surface area (Å²) in [6.45, 7) is 2.56. The standard InChI is InChI=1S/C18H34O/c1-2-3-4-5-6-7-8-9-10-11-12-13-14-15-16-17-18-19/h5-6,14-15,19H,2-4,7-13,16-18H2,1H3/b6-5-,15-14+. The van der Waals surface area contributed by atoms with Crippen molar-refractivity contribution in [3.8, 4) is 0 Å². The Bertz CT molecular complexity index is 184. The Kier molecular flexibility index (Phi) is 16.9. The largest absolute Gasteiger partial charge is 0.396 e. The lowest BCUT2D eigenvalue weighted by atomic mass is 10.1. The van der Waals surface area contributed by atoms with Gasteiger partial charge in [-0.15, -0.1) is 0 Å². The summed E-state index contributed by atoms with van der Waals surface area (Å²) < 4.78 is 0. The first kappa shape index (κ1) is 18.4. The third-order valence-corrected chi connectivity index (χ3v) is 3.33. The number of unbranched alkanes of at least 4 members (excludes halogenated alkanes) is 9. The molecule has 0 heterocycles. The average molecular weight is 266 g/mol. The minimum Gasteiger partial charge on any atom is -0.396 e. The van der Waals surface area contributed by atoms with Gasteiger partial charge in [0.1, 0.15) is 0 Å². The van der Waals surface area contributed by atoms with Crippen LogP contribution in [0.15, 0.2) is 24.3 Å². The van der Waals surface area contributed by atoms with Gasteiger partial charge in [-0.3, -0.25) is 0 Å². The summed E-state index contributed by atoms with van der Waals surface area (Å²) in [6, 6.07) is 0. The molecular weight excluding hydrogens is 232 g/mol. The molecule has 19 heavy (non-hydrogen) atoms. The second kappa shape index (κ2) is 17.4. The van der Waals surface area contributed by atoms with Gasteiger partial charge >= 0.3 is 0 Å². The van der Waals surface area contributed by atoms with E-state index in [0.29, 0.717) is 6.61 Å². The molecule has 0 aliphatic carbocycles. The van der Waals surface area contributed by atoms with Crippen LogP contribution in [0.5, 0.6) is 0 Å². The molecule has 0 aliphatic heterocycles. The van der Waals surface area contributed by atoms with E-state index in [0.717, 1.165) is 12.8 Å². The van der Waals surface area contributed by atoms with E-state index in [-0.39, 0.29) is 0 Å². The van der Waals surface area contributed by atoms with Crippen molar-refractivity contribution in [1.82, 2.24) is 0 Å². The average Bonchev–Trinajstić information content (AvgIpc) is 2.43. The van der Waals surface area contributed by atoms with Gasteiger partial charge in [0.25, 0.3) is 0 Å². The quantitative estimate of drug-likeness (QED) is 0.311. The van der Waals surface area contributed by atoms with Crippen LogP contribution in [0, 0.1) is 0 Å². The molecule has 0 amide bonds. The van der Waals surface area contributed by atoms with Crippen LogP contribution in [0.4, 0.5) is 0 Å². The van der Waals surface area contributed by atoms with Gasteiger partial charge in [-0.25, -0.2) is 0 Å². The normalized spacial score (nSPS) is 11.9. The van der Waals surface area contributed by atoms with Crippen LogP contribution in [0.3, 0.4) is 0 Å².